The zero-order valence-electron chi connectivity index (χ0n) is 10.1. The number of nitrogens with zero attached hydrogens (tertiary/aromatic N) is 2. The van der Waals surface area contributed by atoms with Crippen LogP contribution in [0, 0.1) is 6.92 Å². The first kappa shape index (κ1) is 11.2. The largest absolute Gasteiger partial charge is 0.365 e. The second kappa shape index (κ2) is 4.74. The van der Waals surface area contributed by atoms with E-state index in [0.29, 0.717) is 0 Å². The van der Waals surface area contributed by atoms with E-state index in [9.17, 15) is 0 Å². The Morgan fingerprint density at radius 1 is 1.22 bits per heavy atom. The molecule has 3 nitrogen and oxygen atoms in total. The molecule has 3 heterocycles. The van der Waals surface area contributed by atoms with Crippen molar-refractivity contribution in [3.05, 3.63) is 53.3 Å². The lowest BCUT2D eigenvalue weighted by atomic mass is 10.1. The lowest BCUT2D eigenvalue weighted by Gasteiger charge is -2.08. The molecule has 90 valence electrons. The van der Waals surface area contributed by atoms with Crippen molar-refractivity contribution in [3.8, 4) is 0 Å². The van der Waals surface area contributed by atoms with Crippen LogP contribution < -0.4 is 5.32 Å². The predicted molar refractivity (Wildman–Crippen MR) is 75.9 cm³/mol. The summed E-state index contributed by atoms with van der Waals surface area (Å²) in [5.41, 5.74) is 2.45. The van der Waals surface area contributed by atoms with E-state index >= 15 is 0 Å². The van der Waals surface area contributed by atoms with E-state index in [0.717, 1.165) is 12.4 Å². The Morgan fingerprint density at radius 3 is 3.06 bits per heavy atom. The molecule has 0 aromatic carbocycles. The molecule has 0 bridgehead atoms. The van der Waals surface area contributed by atoms with Gasteiger partial charge in [0, 0.05) is 35.2 Å². The van der Waals surface area contributed by atoms with Gasteiger partial charge < -0.3 is 5.32 Å². The summed E-state index contributed by atoms with van der Waals surface area (Å²) in [7, 11) is 0. The van der Waals surface area contributed by atoms with E-state index in [-0.39, 0.29) is 0 Å². The molecule has 0 saturated heterocycles. The number of rotatable bonds is 3. The summed E-state index contributed by atoms with van der Waals surface area (Å²) in [6.07, 6.45) is 5.56. The predicted octanol–water partition coefficient (Wildman–Crippen LogP) is 3.61. The van der Waals surface area contributed by atoms with Gasteiger partial charge in [0.15, 0.2) is 0 Å². The highest BCUT2D eigenvalue weighted by atomic mass is 32.1. The molecule has 0 fully saturated rings. The number of anilines is 1. The van der Waals surface area contributed by atoms with Crippen molar-refractivity contribution in [3.63, 3.8) is 0 Å². The third-order valence-electron chi connectivity index (χ3n) is 2.97. The van der Waals surface area contributed by atoms with Gasteiger partial charge in [-0.05, 0) is 41.6 Å². The van der Waals surface area contributed by atoms with Gasteiger partial charge in [-0.1, -0.05) is 0 Å². The van der Waals surface area contributed by atoms with E-state index in [2.05, 4.69) is 33.7 Å². The Bertz CT molecular complexity index is 675. The van der Waals surface area contributed by atoms with Crippen molar-refractivity contribution in [2.45, 2.75) is 13.5 Å². The number of pyridine rings is 2. The number of thiophene rings is 1. The molecule has 0 aliphatic carbocycles. The summed E-state index contributed by atoms with van der Waals surface area (Å²) in [4.78, 5) is 8.55. The third kappa shape index (κ3) is 2.07. The molecule has 0 atom stereocenters. The van der Waals surface area contributed by atoms with E-state index < -0.39 is 0 Å². The van der Waals surface area contributed by atoms with E-state index in [1.165, 1.54) is 21.2 Å². The van der Waals surface area contributed by atoms with Gasteiger partial charge in [-0.15, -0.1) is 11.3 Å². The van der Waals surface area contributed by atoms with E-state index in [1.807, 2.05) is 30.7 Å². The van der Waals surface area contributed by atoms with E-state index in [4.69, 9.17) is 0 Å². The van der Waals surface area contributed by atoms with Crippen LogP contribution in [0.3, 0.4) is 0 Å². The zero-order valence-corrected chi connectivity index (χ0v) is 10.9. The Labute approximate surface area is 110 Å². The first-order valence-electron chi connectivity index (χ1n) is 5.80. The van der Waals surface area contributed by atoms with Gasteiger partial charge in [0.1, 0.15) is 5.82 Å². The summed E-state index contributed by atoms with van der Waals surface area (Å²) in [5.74, 6) is 0.942. The van der Waals surface area contributed by atoms with Crippen LogP contribution in [0.1, 0.15) is 11.1 Å². The summed E-state index contributed by atoms with van der Waals surface area (Å²) in [6, 6.07) is 6.17. The molecule has 0 radical (unpaired) electrons. The van der Waals surface area contributed by atoms with Gasteiger partial charge in [-0.3, -0.25) is 4.98 Å². The molecule has 3 rings (SSSR count). The number of hydrogen-bond acceptors (Lipinski definition) is 4. The minimum Gasteiger partial charge on any atom is -0.365 e. The molecule has 0 saturated carbocycles. The highest BCUT2D eigenvalue weighted by Gasteiger charge is 2.04. The Kier molecular flexibility index (Phi) is 2.94. The van der Waals surface area contributed by atoms with Crippen molar-refractivity contribution in [1.29, 1.82) is 0 Å². The second-order valence-electron chi connectivity index (χ2n) is 4.15. The molecular formula is C14H13N3S. The number of aryl methyl sites for hydroxylation is 1. The highest BCUT2D eigenvalue weighted by molar-refractivity contribution is 7.17. The number of nitrogens with one attached hydrogen (secondary N) is 1. The summed E-state index contributed by atoms with van der Waals surface area (Å²) in [5, 5.41) is 6.66. The monoisotopic (exact) mass is 255 g/mol. The minimum absolute atomic E-state index is 0.752. The van der Waals surface area contributed by atoms with Crippen molar-refractivity contribution >= 4 is 27.2 Å². The van der Waals surface area contributed by atoms with Crippen molar-refractivity contribution in [2.24, 2.45) is 0 Å². The molecule has 0 amide bonds. The number of hydrogen-bond donors (Lipinski definition) is 1. The van der Waals surface area contributed by atoms with Crippen LogP contribution in [0.2, 0.25) is 0 Å². The molecule has 0 spiro atoms. The van der Waals surface area contributed by atoms with Crippen LogP contribution in [0.5, 0.6) is 0 Å². The Morgan fingerprint density at radius 2 is 2.17 bits per heavy atom. The first-order chi connectivity index (χ1) is 8.84. The molecular weight excluding hydrogens is 242 g/mol. The maximum Gasteiger partial charge on any atom is 0.134 e. The van der Waals surface area contributed by atoms with Gasteiger partial charge in [-0.2, -0.15) is 0 Å². The summed E-state index contributed by atoms with van der Waals surface area (Å²) in [6.45, 7) is 2.85. The molecule has 3 aromatic rings. The lowest BCUT2D eigenvalue weighted by molar-refractivity contribution is 1.07. The van der Waals surface area contributed by atoms with Crippen molar-refractivity contribution in [1.82, 2.24) is 9.97 Å². The molecule has 1 N–H and O–H groups in total. The van der Waals surface area contributed by atoms with Gasteiger partial charge >= 0.3 is 0 Å². The average Bonchev–Trinajstić information content (AvgIpc) is 2.86. The molecule has 18 heavy (non-hydrogen) atoms. The van der Waals surface area contributed by atoms with Crippen LogP contribution >= 0.6 is 11.3 Å². The molecule has 0 unspecified atom stereocenters. The maximum absolute atomic E-state index is 4.40. The zero-order chi connectivity index (χ0) is 12.4. The fraction of sp³-hybridized carbons (Fsp3) is 0.143. The first-order valence-corrected chi connectivity index (χ1v) is 6.68. The van der Waals surface area contributed by atoms with Gasteiger partial charge in [0.25, 0.3) is 0 Å². The summed E-state index contributed by atoms with van der Waals surface area (Å²) < 4.78 is 1.26. The number of aromatic nitrogens is 2. The van der Waals surface area contributed by atoms with Gasteiger partial charge in [0.2, 0.25) is 0 Å². The smallest absolute Gasteiger partial charge is 0.134 e. The van der Waals surface area contributed by atoms with Crippen molar-refractivity contribution < 1.29 is 0 Å². The topological polar surface area (TPSA) is 37.8 Å². The number of fused-ring (bicyclic) bond motifs is 1. The van der Waals surface area contributed by atoms with Crippen LogP contribution in [-0.2, 0) is 6.54 Å². The SMILES string of the molecule is Cc1ccncc1CNc1nccc2sccc12. The third-order valence-corrected chi connectivity index (χ3v) is 3.86. The standard InChI is InChI=1S/C14H13N3S/c1-10-2-5-15-8-11(10)9-17-14-12-4-7-18-13(12)3-6-16-14/h2-8H,9H2,1H3,(H,16,17). The second-order valence-corrected chi connectivity index (χ2v) is 5.10. The highest BCUT2D eigenvalue weighted by Crippen LogP contribution is 2.26. The fourth-order valence-electron chi connectivity index (χ4n) is 1.90. The van der Waals surface area contributed by atoms with Crippen LogP contribution in [-0.4, -0.2) is 9.97 Å². The summed E-state index contributed by atoms with van der Waals surface area (Å²) >= 11 is 1.73. The van der Waals surface area contributed by atoms with Crippen molar-refractivity contribution in [2.75, 3.05) is 5.32 Å². The fourth-order valence-corrected chi connectivity index (χ4v) is 2.68. The minimum atomic E-state index is 0.752. The van der Waals surface area contributed by atoms with Crippen LogP contribution in [0.25, 0.3) is 10.1 Å². The molecule has 4 heteroatoms. The molecule has 0 aliphatic heterocycles. The van der Waals surface area contributed by atoms with E-state index in [1.54, 1.807) is 11.3 Å². The maximum atomic E-state index is 4.40. The van der Waals surface area contributed by atoms with Crippen LogP contribution in [0.4, 0.5) is 5.82 Å². The van der Waals surface area contributed by atoms with Gasteiger partial charge in [0.05, 0.1) is 0 Å². The average molecular weight is 255 g/mol. The van der Waals surface area contributed by atoms with Gasteiger partial charge in [-0.25, -0.2) is 4.98 Å². The molecule has 0 aliphatic rings. The quantitative estimate of drug-likeness (QED) is 0.777. The normalized spacial score (nSPS) is 10.7. The molecule has 3 aromatic heterocycles. The lowest BCUT2D eigenvalue weighted by Crippen LogP contribution is -2.03. The Hall–Kier alpha value is -1.94. The van der Waals surface area contributed by atoms with Crippen LogP contribution in [0.15, 0.2) is 42.2 Å². The Balaban J connectivity index is 1.85.